The molecular weight excluding hydrogens is 350 g/mol. The van der Waals surface area contributed by atoms with Crippen LogP contribution in [0.2, 0.25) is 0 Å². The van der Waals surface area contributed by atoms with Crippen LogP contribution in [-0.2, 0) is 6.54 Å². The number of fused-ring (bicyclic) bond motifs is 3. The van der Waals surface area contributed by atoms with Gasteiger partial charge in [-0.2, -0.15) is 0 Å². The van der Waals surface area contributed by atoms with Crippen LogP contribution in [-0.4, -0.2) is 22.1 Å². The number of benzene rings is 2. The number of amides is 2. The summed E-state index contributed by atoms with van der Waals surface area (Å²) in [6.07, 6.45) is 2.90. The average Bonchev–Trinajstić information content (AvgIpc) is 3.14. The van der Waals surface area contributed by atoms with Crippen LogP contribution in [0, 0.1) is 0 Å². The summed E-state index contributed by atoms with van der Waals surface area (Å²) < 4.78 is 7.87. The van der Waals surface area contributed by atoms with Crippen LogP contribution in [0.3, 0.4) is 0 Å². The summed E-state index contributed by atoms with van der Waals surface area (Å²) in [5, 5.41) is 3.06. The topological polar surface area (TPSA) is 46.5 Å². The second-order valence-corrected chi connectivity index (χ2v) is 6.84. The number of urea groups is 1. The number of ether oxygens (including phenoxy) is 1. The Morgan fingerprint density at radius 3 is 2.68 bits per heavy atom. The standard InChI is InChI=1S/C23H25N3O2/c1-3-19-21-13-9-15-25(21)20-12-7-5-10-17(20)16-26(19)23(27)24-18-11-6-8-14-22(18)28-4-2/h5-15,19H,3-4,16H2,1-2H3,(H,24,27)/t19-/m1/s1. The van der Waals surface area contributed by atoms with Gasteiger partial charge in [0, 0.05) is 11.9 Å². The lowest BCUT2D eigenvalue weighted by atomic mass is 10.1. The molecule has 28 heavy (non-hydrogen) atoms. The van der Waals surface area contributed by atoms with Crippen molar-refractivity contribution < 1.29 is 9.53 Å². The molecule has 0 aliphatic carbocycles. The van der Waals surface area contributed by atoms with Crippen molar-refractivity contribution in [3.63, 3.8) is 0 Å². The van der Waals surface area contributed by atoms with Crippen LogP contribution in [0.15, 0.2) is 66.9 Å². The zero-order valence-electron chi connectivity index (χ0n) is 16.3. The Morgan fingerprint density at radius 2 is 1.86 bits per heavy atom. The molecule has 0 fully saturated rings. The highest BCUT2D eigenvalue weighted by atomic mass is 16.5. The minimum Gasteiger partial charge on any atom is -0.492 e. The van der Waals surface area contributed by atoms with Crippen LogP contribution in [0.1, 0.15) is 37.6 Å². The summed E-state index contributed by atoms with van der Waals surface area (Å²) in [5.74, 6) is 0.685. The van der Waals surface area contributed by atoms with E-state index in [1.807, 2.05) is 54.3 Å². The van der Waals surface area contributed by atoms with Gasteiger partial charge >= 0.3 is 6.03 Å². The van der Waals surface area contributed by atoms with Gasteiger partial charge in [-0.05, 0) is 49.2 Å². The summed E-state index contributed by atoms with van der Waals surface area (Å²) in [5.41, 5.74) is 4.08. The third-order valence-corrected chi connectivity index (χ3v) is 5.17. The highest BCUT2D eigenvalue weighted by Crippen LogP contribution is 2.35. The van der Waals surface area contributed by atoms with Gasteiger partial charge in [0.25, 0.3) is 0 Å². The van der Waals surface area contributed by atoms with Crippen LogP contribution < -0.4 is 10.1 Å². The molecule has 0 saturated heterocycles. The Labute approximate surface area is 165 Å². The van der Waals surface area contributed by atoms with Crippen LogP contribution >= 0.6 is 0 Å². The SMILES string of the molecule is CCOc1ccccc1NC(=O)N1Cc2ccccc2-n2cccc2[C@H]1CC. The van der Waals surface area contributed by atoms with Gasteiger partial charge in [-0.25, -0.2) is 4.79 Å². The van der Waals surface area contributed by atoms with Gasteiger partial charge in [0.05, 0.1) is 30.6 Å². The molecule has 0 spiro atoms. The molecule has 1 aromatic heterocycles. The molecule has 1 aliphatic rings. The minimum atomic E-state index is -0.122. The molecule has 5 heteroatoms. The van der Waals surface area contributed by atoms with Gasteiger partial charge < -0.3 is 19.5 Å². The molecule has 1 N–H and O–H groups in total. The van der Waals surface area contributed by atoms with Crippen molar-refractivity contribution in [3.05, 3.63) is 78.1 Å². The first-order chi connectivity index (χ1) is 13.7. The number of para-hydroxylation sites is 3. The first-order valence-corrected chi connectivity index (χ1v) is 9.78. The number of hydrogen-bond acceptors (Lipinski definition) is 2. The lowest BCUT2D eigenvalue weighted by molar-refractivity contribution is 0.181. The maximum absolute atomic E-state index is 13.3. The monoisotopic (exact) mass is 375 g/mol. The van der Waals surface area contributed by atoms with E-state index in [1.54, 1.807) is 0 Å². The molecule has 0 unspecified atom stereocenters. The Balaban J connectivity index is 1.70. The quantitative estimate of drug-likeness (QED) is 0.666. The number of nitrogens with zero attached hydrogens (tertiary/aromatic N) is 2. The van der Waals surface area contributed by atoms with E-state index in [4.69, 9.17) is 4.74 Å². The second kappa shape index (κ2) is 7.80. The number of carbonyl (C=O) groups is 1. The Kier molecular flexibility index (Phi) is 5.06. The highest BCUT2D eigenvalue weighted by Gasteiger charge is 2.30. The molecule has 2 amide bonds. The zero-order chi connectivity index (χ0) is 19.5. The molecule has 1 atom stereocenters. The fraction of sp³-hybridized carbons (Fsp3) is 0.261. The van der Waals surface area contributed by atoms with Crippen LogP contribution in [0.5, 0.6) is 5.75 Å². The second-order valence-electron chi connectivity index (χ2n) is 6.84. The number of hydrogen-bond donors (Lipinski definition) is 1. The van der Waals surface area contributed by atoms with Gasteiger partial charge in [-0.3, -0.25) is 0 Å². The largest absolute Gasteiger partial charge is 0.492 e. The van der Waals surface area contributed by atoms with Crippen molar-refractivity contribution in [3.8, 4) is 11.4 Å². The van der Waals surface area contributed by atoms with Crippen LogP contribution in [0.25, 0.3) is 5.69 Å². The van der Waals surface area contributed by atoms with Crippen molar-refractivity contribution in [2.45, 2.75) is 32.9 Å². The Morgan fingerprint density at radius 1 is 1.07 bits per heavy atom. The molecule has 2 heterocycles. The van der Waals surface area contributed by atoms with Gasteiger partial charge in [-0.15, -0.1) is 0 Å². The predicted molar refractivity (Wildman–Crippen MR) is 111 cm³/mol. The van der Waals surface area contributed by atoms with E-state index < -0.39 is 0 Å². The number of anilines is 1. The smallest absolute Gasteiger partial charge is 0.322 e. The lowest BCUT2D eigenvalue weighted by Gasteiger charge is -2.30. The Hall–Kier alpha value is -3.21. The number of aromatic nitrogens is 1. The molecule has 0 bridgehead atoms. The highest BCUT2D eigenvalue weighted by molar-refractivity contribution is 5.91. The van der Waals surface area contributed by atoms with Crippen molar-refractivity contribution >= 4 is 11.7 Å². The van der Waals surface area contributed by atoms with E-state index in [0.29, 0.717) is 24.6 Å². The molecule has 3 aromatic rings. The molecule has 144 valence electrons. The molecule has 2 aromatic carbocycles. The summed E-state index contributed by atoms with van der Waals surface area (Å²) in [7, 11) is 0. The third kappa shape index (κ3) is 3.24. The summed E-state index contributed by atoms with van der Waals surface area (Å²) in [4.78, 5) is 15.3. The lowest BCUT2D eigenvalue weighted by Crippen LogP contribution is -2.37. The molecule has 4 rings (SSSR count). The maximum Gasteiger partial charge on any atom is 0.322 e. The summed E-state index contributed by atoms with van der Waals surface area (Å²) in [6.45, 7) is 5.16. The molecule has 1 aliphatic heterocycles. The normalized spacial score (nSPS) is 15.4. The van der Waals surface area contributed by atoms with Crippen molar-refractivity contribution in [1.82, 2.24) is 9.47 Å². The number of rotatable bonds is 4. The zero-order valence-corrected chi connectivity index (χ0v) is 16.3. The van der Waals surface area contributed by atoms with Gasteiger partial charge in [0.15, 0.2) is 0 Å². The maximum atomic E-state index is 13.3. The van der Waals surface area contributed by atoms with Crippen molar-refractivity contribution in [2.75, 3.05) is 11.9 Å². The molecule has 0 radical (unpaired) electrons. The van der Waals surface area contributed by atoms with E-state index >= 15 is 0 Å². The summed E-state index contributed by atoms with van der Waals surface area (Å²) in [6, 6.07) is 19.8. The summed E-state index contributed by atoms with van der Waals surface area (Å²) >= 11 is 0. The molecule has 0 saturated carbocycles. The van der Waals surface area contributed by atoms with Gasteiger partial charge in [-0.1, -0.05) is 37.3 Å². The third-order valence-electron chi connectivity index (χ3n) is 5.17. The fourth-order valence-corrected chi connectivity index (χ4v) is 3.90. The van der Waals surface area contributed by atoms with Gasteiger partial charge in [0.2, 0.25) is 0 Å². The van der Waals surface area contributed by atoms with E-state index in [-0.39, 0.29) is 12.1 Å². The molecule has 5 nitrogen and oxygen atoms in total. The van der Waals surface area contributed by atoms with E-state index in [1.165, 1.54) is 0 Å². The average molecular weight is 375 g/mol. The number of carbonyl (C=O) groups excluding carboxylic acids is 1. The fourth-order valence-electron chi connectivity index (χ4n) is 3.90. The van der Waals surface area contributed by atoms with Crippen molar-refractivity contribution in [2.24, 2.45) is 0 Å². The molecular formula is C23H25N3O2. The van der Waals surface area contributed by atoms with E-state index in [0.717, 1.165) is 23.4 Å². The minimum absolute atomic E-state index is 0.0124. The van der Waals surface area contributed by atoms with Crippen molar-refractivity contribution in [1.29, 1.82) is 0 Å². The van der Waals surface area contributed by atoms with Crippen LogP contribution in [0.4, 0.5) is 10.5 Å². The Bertz CT molecular complexity index is 979. The number of nitrogens with one attached hydrogen (secondary N) is 1. The first kappa shape index (κ1) is 18.2. The van der Waals surface area contributed by atoms with Gasteiger partial charge in [0.1, 0.15) is 5.75 Å². The predicted octanol–water partition coefficient (Wildman–Crippen LogP) is 5.37. The van der Waals surface area contributed by atoms with E-state index in [9.17, 15) is 4.79 Å². The van der Waals surface area contributed by atoms with E-state index in [2.05, 4.69) is 41.2 Å². The first-order valence-electron chi connectivity index (χ1n) is 9.78.